The minimum Gasteiger partial charge on any atom is -0.872 e. The van der Waals surface area contributed by atoms with Gasteiger partial charge in [0.05, 0.1) is 16.1 Å². The molecule has 0 saturated heterocycles. The molecule has 24 heavy (non-hydrogen) atoms. The molecule has 7 nitrogen and oxygen atoms in total. The smallest absolute Gasteiger partial charge is 0.387 e. The zero-order chi connectivity index (χ0) is 17.9. The highest BCUT2D eigenvalue weighted by Crippen LogP contribution is 2.28. The van der Waals surface area contributed by atoms with Crippen LogP contribution in [0, 0.1) is 0 Å². The van der Waals surface area contributed by atoms with Crippen LogP contribution >= 0.6 is 0 Å². The molecule has 0 atom stereocenters. The second kappa shape index (κ2) is 6.71. The quantitative estimate of drug-likeness (QED) is 0.814. The van der Waals surface area contributed by atoms with Crippen molar-refractivity contribution in [2.24, 2.45) is 0 Å². The lowest BCUT2D eigenvalue weighted by Crippen LogP contribution is -2.16. The van der Waals surface area contributed by atoms with Crippen LogP contribution in [0.25, 0.3) is 0 Å². The average molecular weight is 358 g/mol. The van der Waals surface area contributed by atoms with Crippen LogP contribution in [0.15, 0.2) is 47.4 Å². The second-order valence-corrected chi connectivity index (χ2v) is 6.13. The van der Waals surface area contributed by atoms with E-state index in [2.05, 4.69) is 4.74 Å². The molecule has 0 aliphatic carbocycles. The number of carboxylic acid groups (broad SMARTS) is 1. The van der Waals surface area contributed by atoms with Crippen molar-refractivity contribution in [1.29, 1.82) is 0 Å². The Morgan fingerprint density at radius 1 is 1.21 bits per heavy atom. The van der Waals surface area contributed by atoms with Crippen LogP contribution in [0.5, 0.6) is 11.5 Å². The van der Waals surface area contributed by atoms with Gasteiger partial charge in [-0.15, -0.1) is 0 Å². The van der Waals surface area contributed by atoms with Crippen LogP contribution in [0.1, 0.15) is 10.4 Å². The van der Waals surface area contributed by atoms with E-state index in [1.807, 2.05) is 4.72 Å². The van der Waals surface area contributed by atoms with Gasteiger partial charge < -0.3 is 14.9 Å². The molecule has 2 N–H and O–H groups in total. The minimum absolute atomic E-state index is 0.263. The summed E-state index contributed by atoms with van der Waals surface area (Å²) in [6.45, 7) is -3.16. The minimum atomic E-state index is -4.32. The van der Waals surface area contributed by atoms with Crippen molar-refractivity contribution in [2.45, 2.75) is 11.5 Å². The molecule has 0 spiro atoms. The summed E-state index contributed by atoms with van der Waals surface area (Å²) in [5.74, 6) is -2.85. The Bertz CT molecular complexity index is 869. The number of carboxylic acids is 1. The Hall–Kier alpha value is -2.88. The molecule has 0 saturated carbocycles. The predicted molar refractivity (Wildman–Crippen MR) is 76.7 cm³/mol. The molecule has 0 amide bonds. The number of hydrogen-bond donors (Lipinski definition) is 2. The fourth-order valence-electron chi connectivity index (χ4n) is 1.80. The van der Waals surface area contributed by atoms with Gasteiger partial charge >= 0.3 is 12.6 Å². The van der Waals surface area contributed by atoms with Gasteiger partial charge in [0.1, 0.15) is 5.75 Å². The monoisotopic (exact) mass is 358 g/mol. The fourth-order valence-corrected chi connectivity index (χ4v) is 2.89. The largest absolute Gasteiger partial charge is 0.872 e. The topological polar surface area (TPSA) is 116 Å². The summed E-state index contributed by atoms with van der Waals surface area (Å²) in [6.07, 6.45) is 0. The maximum atomic E-state index is 12.3. The summed E-state index contributed by atoms with van der Waals surface area (Å²) in [6, 6.07) is 7.46. The Labute approximate surface area is 135 Å². The second-order valence-electron chi connectivity index (χ2n) is 4.44. The molecule has 0 radical (unpaired) electrons. The molecule has 2 aromatic carbocycles. The first-order chi connectivity index (χ1) is 11.2. The standard InChI is InChI=1S/C14H11F2NO6S/c15-14(16)23-12-4-2-1-3-10(12)17-24(21,22)8-5-6-11(18)9(7-8)13(19)20/h1-7,14,17-18H,(H,19,20)/p-1. The third-order valence-corrected chi connectivity index (χ3v) is 4.20. The number of anilines is 1. The van der Waals surface area contributed by atoms with Crippen molar-refractivity contribution in [2.75, 3.05) is 4.72 Å². The van der Waals surface area contributed by atoms with Crippen LogP contribution in [-0.4, -0.2) is 26.1 Å². The number of ether oxygens (including phenoxy) is 1. The number of hydrogen-bond acceptors (Lipinski definition) is 5. The molecule has 2 rings (SSSR count). The Morgan fingerprint density at radius 3 is 2.50 bits per heavy atom. The normalized spacial score (nSPS) is 11.3. The summed E-state index contributed by atoms with van der Waals surface area (Å²) >= 11 is 0. The van der Waals surface area contributed by atoms with E-state index in [4.69, 9.17) is 5.11 Å². The summed E-state index contributed by atoms with van der Waals surface area (Å²) in [5, 5.41) is 20.2. The molecule has 2 aromatic rings. The van der Waals surface area contributed by atoms with Crippen LogP contribution in [-0.2, 0) is 10.0 Å². The molecule has 10 heteroatoms. The van der Waals surface area contributed by atoms with Crippen LogP contribution in [0.2, 0.25) is 0 Å². The SMILES string of the molecule is O=C(O)c1cc(S(=O)(=O)Nc2ccccc2OC(F)F)ccc1[O-]. The Kier molecular flexibility index (Phi) is 4.88. The number of halogens is 2. The molecule has 128 valence electrons. The van der Waals surface area contributed by atoms with E-state index < -0.39 is 44.6 Å². The first kappa shape index (κ1) is 17.5. The highest BCUT2D eigenvalue weighted by molar-refractivity contribution is 7.92. The number of sulfonamides is 1. The van der Waals surface area contributed by atoms with Crippen molar-refractivity contribution in [3.05, 3.63) is 48.0 Å². The number of rotatable bonds is 6. The van der Waals surface area contributed by atoms with Crippen LogP contribution < -0.4 is 14.6 Å². The third-order valence-electron chi connectivity index (χ3n) is 2.84. The highest BCUT2D eigenvalue weighted by atomic mass is 32.2. The predicted octanol–water partition coefficient (Wildman–Crippen LogP) is 1.86. The van der Waals surface area contributed by atoms with E-state index in [0.717, 1.165) is 18.2 Å². The number of carbonyl (C=O) groups is 1. The van der Waals surface area contributed by atoms with E-state index in [1.165, 1.54) is 18.2 Å². The van der Waals surface area contributed by atoms with E-state index in [1.54, 1.807) is 0 Å². The zero-order valence-electron chi connectivity index (χ0n) is 11.8. The molecule has 0 heterocycles. The van der Waals surface area contributed by atoms with Crippen LogP contribution in [0.4, 0.5) is 14.5 Å². The summed E-state index contributed by atoms with van der Waals surface area (Å²) in [4.78, 5) is 10.4. The van der Waals surface area contributed by atoms with E-state index in [0.29, 0.717) is 6.07 Å². The lowest BCUT2D eigenvalue weighted by molar-refractivity contribution is -0.268. The molecular formula is C14H10F2NO6S-. The first-order valence-electron chi connectivity index (χ1n) is 6.32. The fraction of sp³-hybridized carbons (Fsp3) is 0.0714. The van der Waals surface area contributed by atoms with Crippen molar-refractivity contribution in [1.82, 2.24) is 0 Å². The van der Waals surface area contributed by atoms with E-state index in [9.17, 15) is 27.1 Å². The van der Waals surface area contributed by atoms with Gasteiger partial charge in [0.25, 0.3) is 10.0 Å². The maximum absolute atomic E-state index is 12.3. The molecule has 0 aliphatic heterocycles. The lowest BCUT2D eigenvalue weighted by atomic mass is 10.2. The Morgan fingerprint density at radius 2 is 1.88 bits per heavy atom. The number of benzene rings is 2. The van der Waals surface area contributed by atoms with Crippen molar-refractivity contribution >= 4 is 21.7 Å². The number of alkyl halides is 2. The number of nitrogens with one attached hydrogen (secondary N) is 1. The summed E-state index contributed by atoms with van der Waals surface area (Å²) < 4.78 is 55.5. The van der Waals surface area contributed by atoms with Crippen molar-refractivity contribution in [3.63, 3.8) is 0 Å². The molecule has 0 aliphatic rings. The number of aromatic carboxylic acids is 1. The van der Waals surface area contributed by atoms with Gasteiger partial charge in [0.15, 0.2) is 0 Å². The van der Waals surface area contributed by atoms with E-state index >= 15 is 0 Å². The average Bonchev–Trinajstić information content (AvgIpc) is 2.48. The van der Waals surface area contributed by atoms with Crippen molar-refractivity contribution in [3.8, 4) is 11.5 Å². The Balaban J connectivity index is 2.40. The van der Waals surface area contributed by atoms with Gasteiger partial charge in [-0.2, -0.15) is 8.78 Å². The molecule has 0 bridgehead atoms. The summed E-state index contributed by atoms with van der Waals surface area (Å²) in [7, 11) is -4.32. The van der Waals surface area contributed by atoms with Crippen molar-refractivity contribution < 1.29 is 36.9 Å². The van der Waals surface area contributed by atoms with Gasteiger partial charge in [-0.3, -0.25) is 4.72 Å². The molecule has 0 unspecified atom stereocenters. The zero-order valence-corrected chi connectivity index (χ0v) is 12.6. The molecule has 0 fully saturated rings. The van der Waals surface area contributed by atoms with Gasteiger partial charge in [-0.1, -0.05) is 23.9 Å². The maximum Gasteiger partial charge on any atom is 0.387 e. The van der Waals surface area contributed by atoms with Gasteiger partial charge in [-0.05, 0) is 24.3 Å². The van der Waals surface area contributed by atoms with Gasteiger partial charge in [0, 0.05) is 0 Å². The number of para-hydroxylation sites is 2. The third kappa shape index (κ3) is 3.90. The van der Waals surface area contributed by atoms with Gasteiger partial charge in [0.2, 0.25) is 0 Å². The van der Waals surface area contributed by atoms with Crippen LogP contribution in [0.3, 0.4) is 0 Å². The molecular weight excluding hydrogens is 348 g/mol. The highest BCUT2D eigenvalue weighted by Gasteiger charge is 2.19. The summed E-state index contributed by atoms with van der Waals surface area (Å²) in [5.41, 5.74) is -0.990. The van der Waals surface area contributed by atoms with Gasteiger partial charge in [-0.25, -0.2) is 13.2 Å². The lowest BCUT2D eigenvalue weighted by Gasteiger charge is -2.15. The van der Waals surface area contributed by atoms with E-state index in [-0.39, 0.29) is 5.69 Å². The first-order valence-corrected chi connectivity index (χ1v) is 7.80. The molecule has 0 aromatic heterocycles.